The molecule has 136 valence electrons. The van der Waals surface area contributed by atoms with Gasteiger partial charge in [0, 0.05) is 6.20 Å². The molecule has 0 aliphatic rings. The van der Waals surface area contributed by atoms with Crippen LogP contribution >= 0.6 is 0 Å². The topological polar surface area (TPSA) is 109 Å². The summed E-state index contributed by atoms with van der Waals surface area (Å²) in [5.41, 5.74) is 0.762. The molecule has 12 heteroatoms. The summed E-state index contributed by atoms with van der Waals surface area (Å²) in [6, 6.07) is 6.95. The van der Waals surface area contributed by atoms with Gasteiger partial charge in [-0.1, -0.05) is 6.07 Å². The van der Waals surface area contributed by atoms with Crippen LogP contribution in [0.5, 0.6) is 0 Å². The fourth-order valence-corrected chi connectivity index (χ4v) is 2.34. The number of aromatic nitrogens is 2. The molecule has 2 heterocycles. The standard InChI is InChI=1S/C11H10FN3O2S.C2HF3O2/c1-8-5-6-13-11(7-8)18(16,17)15-10-4-2-3-9(12)14-10;3-2(4,5)1(6)7/h2-7H,1H3,(H,14,15);(H,6,7). The van der Waals surface area contributed by atoms with E-state index in [2.05, 4.69) is 14.7 Å². The number of hydrogen-bond donors (Lipinski definition) is 2. The van der Waals surface area contributed by atoms with Gasteiger partial charge in [-0.3, -0.25) is 4.72 Å². The predicted molar refractivity (Wildman–Crippen MR) is 77.7 cm³/mol. The number of aliphatic carboxylic acids is 1. The molecule has 0 saturated heterocycles. The number of nitrogens with one attached hydrogen (secondary N) is 1. The third-order valence-corrected chi connectivity index (χ3v) is 3.61. The van der Waals surface area contributed by atoms with E-state index in [1.807, 2.05) is 0 Å². The summed E-state index contributed by atoms with van der Waals surface area (Å²) < 4.78 is 70.6. The Morgan fingerprint density at radius 3 is 2.32 bits per heavy atom. The fourth-order valence-electron chi connectivity index (χ4n) is 1.31. The van der Waals surface area contributed by atoms with E-state index in [4.69, 9.17) is 9.90 Å². The van der Waals surface area contributed by atoms with Crippen molar-refractivity contribution in [3.05, 3.63) is 48.0 Å². The smallest absolute Gasteiger partial charge is 0.475 e. The van der Waals surface area contributed by atoms with Crippen molar-refractivity contribution in [1.29, 1.82) is 0 Å². The molecular weight excluding hydrogens is 370 g/mol. The van der Waals surface area contributed by atoms with Crippen LogP contribution in [0, 0.1) is 12.9 Å². The van der Waals surface area contributed by atoms with Gasteiger partial charge in [0.1, 0.15) is 5.82 Å². The number of rotatable bonds is 3. The number of nitrogens with zero attached hydrogens (tertiary/aromatic N) is 2. The van der Waals surface area contributed by atoms with Crippen molar-refractivity contribution in [2.24, 2.45) is 0 Å². The molecule has 0 fully saturated rings. The Bertz CT molecular complexity index is 856. The van der Waals surface area contributed by atoms with Crippen molar-refractivity contribution < 1.29 is 35.9 Å². The van der Waals surface area contributed by atoms with Crippen LogP contribution < -0.4 is 4.72 Å². The molecule has 0 aromatic carbocycles. The maximum Gasteiger partial charge on any atom is 0.490 e. The molecule has 0 amide bonds. The summed E-state index contributed by atoms with van der Waals surface area (Å²) in [5, 5.41) is 6.99. The highest BCUT2D eigenvalue weighted by Gasteiger charge is 2.38. The minimum atomic E-state index is -5.08. The Hall–Kier alpha value is -2.76. The number of alkyl halides is 3. The number of aryl methyl sites for hydroxylation is 1. The summed E-state index contributed by atoms with van der Waals surface area (Å²) in [6.07, 6.45) is -3.69. The van der Waals surface area contributed by atoms with E-state index in [9.17, 15) is 26.0 Å². The van der Waals surface area contributed by atoms with Gasteiger partial charge in [0.15, 0.2) is 5.03 Å². The molecule has 0 aliphatic heterocycles. The molecule has 2 aromatic rings. The predicted octanol–water partition coefficient (Wildman–Crippen LogP) is 2.36. The lowest BCUT2D eigenvalue weighted by molar-refractivity contribution is -0.192. The van der Waals surface area contributed by atoms with Crippen LogP contribution in [0.15, 0.2) is 41.6 Å². The zero-order valence-corrected chi connectivity index (χ0v) is 13.3. The van der Waals surface area contributed by atoms with Gasteiger partial charge < -0.3 is 5.11 Å². The van der Waals surface area contributed by atoms with Gasteiger partial charge in [-0.05, 0) is 36.8 Å². The number of carbonyl (C=O) groups is 1. The third-order valence-electron chi connectivity index (χ3n) is 2.36. The second-order valence-electron chi connectivity index (χ2n) is 4.43. The highest BCUT2D eigenvalue weighted by atomic mass is 32.2. The Labute approximate surface area is 139 Å². The number of hydrogen-bond acceptors (Lipinski definition) is 5. The maximum absolute atomic E-state index is 12.8. The molecule has 2 aromatic heterocycles. The summed E-state index contributed by atoms with van der Waals surface area (Å²) in [6.45, 7) is 1.75. The molecule has 0 radical (unpaired) electrons. The lowest BCUT2D eigenvalue weighted by Crippen LogP contribution is -2.21. The summed E-state index contributed by atoms with van der Waals surface area (Å²) >= 11 is 0. The first-order valence-corrected chi connectivity index (χ1v) is 7.78. The Kier molecular flexibility index (Phi) is 6.39. The van der Waals surface area contributed by atoms with Gasteiger partial charge in [-0.15, -0.1) is 0 Å². The first-order valence-electron chi connectivity index (χ1n) is 6.30. The molecular formula is C13H11F4N3O4S. The van der Waals surface area contributed by atoms with E-state index in [1.54, 1.807) is 13.0 Å². The Balaban J connectivity index is 0.000000381. The van der Waals surface area contributed by atoms with Crippen molar-refractivity contribution >= 4 is 21.8 Å². The number of sulfonamides is 1. The molecule has 25 heavy (non-hydrogen) atoms. The molecule has 2 rings (SSSR count). The van der Waals surface area contributed by atoms with Crippen LogP contribution in [0.2, 0.25) is 0 Å². The number of carboxylic acids is 1. The number of pyridine rings is 2. The van der Waals surface area contributed by atoms with Gasteiger partial charge >= 0.3 is 12.1 Å². The first-order chi connectivity index (χ1) is 11.4. The van der Waals surface area contributed by atoms with Crippen LogP contribution in [-0.4, -0.2) is 35.6 Å². The van der Waals surface area contributed by atoms with E-state index in [0.717, 1.165) is 11.6 Å². The van der Waals surface area contributed by atoms with E-state index < -0.39 is 28.1 Å². The second kappa shape index (κ2) is 7.88. The van der Waals surface area contributed by atoms with E-state index in [1.165, 1.54) is 24.4 Å². The average molecular weight is 381 g/mol. The Morgan fingerprint density at radius 2 is 1.84 bits per heavy atom. The number of anilines is 1. The largest absolute Gasteiger partial charge is 0.490 e. The fraction of sp³-hybridized carbons (Fsp3) is 0.154. The first kappa shape index (κ1) is 20.3. The zero-order chi connectivity index (χ0) is 19.3. The van der Waals surface area contributed by atoms with E-state index in [-0.39, 0.29) is 10.8 Å². The van der Waals surface area contributed by atoms with Gasteiger partial charge in [-0.2, -0.15) is 26.0 Å². The molecule has 0 spiro atoms. The van der Waals surface area contributed by atoms with Crippen molar-refractivity contribution in [3.63, 3.8) is 0 Å². The van der Waals surface area contributed by atoms with Crippen LogP contribution in [-0.2, 0) is 14.8 Å². The maximum atomic E-state index is 12.8. The molecule has 7 nitrogen and oxygen atoms in total. The van der Waals surface area contributed by atoms with Crippen LogP contribution in [0.3, 0.4) is 0 Å². The molecule has 0 atom stereocenters. The molecule has 0 aliphatic carbocycles. The summed E-state index contributed by atoms with van der Waals surface area (Å²) in [7, 11) is -3.84. The SMILES string of the molecule is Cc1ccnc(S(=O)(=O)Nc2cccc(F)n2)c1.O=C(O)C(F)(F)F. The minimum absolute atomic E-state index is 0.0849. The van der Waals surface area contributed by atoms with Crippen LogP contribution in [0.25, 0.3) is 0 Å². The van der Waals surface area contributed by atoms with E-state index in [0.29, 0.717) is 0 Å². The lowest BCUT2D eigenvalue weighted by Gasteiger charge is -2.06. The van der Waals surface area contributed by atoms with Crippen molar-refractivity contribution in [2.45, 2.75) is 18.1 Å². The highest BCUT2D eigenvalue weighted by molar-refractivity contribution is 7.92. The quantitative estimate of drug-likeness (QED) is 0.624. The highest BCUT2D eigenvalue weighted by Crippen LogP contribution is 2.14. The van der Waals surface area contributed by atoms with Gasteiger partial charge in [0.25, 0.3) is 10.0 Å². The third kappa shape index (κ3) is 6.71. The van der Waals surface area contributed by atoms with Gasteiger partial charge in [-0.25, -0.2) is 14.8 Å². The molecule has 0 bridgehead atoms. The number of carboxylic acid groups (broad SMARTS) is 1. The minimum Gasteiger partial charge on any atom is -0.475 e. The second-order valence-corrected chi connectivity index (χ2v) is 6.05. The molecule has 0 saturated carbocycles. The monoisotopic (exact) mass is 381 g/mol. The van der Waals surface area contributed by atoms with Crippen LogP contribution in [0.4, 0.5) is 23.4 Å². The molecule has 0 unspecified atom stereocenters. The molecule has 2 N–H and O–H groups in total. The number of halogens is 4. The lowest BCUT2D eigenvalue weighted by atomic mass is 10.3. The van der Waals surface area contributed by atoms with Crippen molar-refractivity contribution in [1.82, 2.24) is 9.97 Å². The zero-order valence-electron chi connectivity index (χ0n) is 12.5. The summed E-state index contributed by atoms with van der Waals surface area (Å²) in [4.78, 5) is 16.1. The van der Waals surface area contributed by atoms with E-state index >= 15 is 0 Å². The van der Waals surface area contributed by atoms with Gasteiger partial charge in [0.05, 0.1) is 0 Å². The van der Waals surface area contributed by atoms with Crippen molar-refractivity contribution in [2.75, 3.05) is 4.72 Å². The summed E-state index contributed by atoms with van der Waals surface area (Å²) in [5.74, 6) is -3.60. The van der Waals surface area contributed by atoms with Gasteiger partial charge in [0.2, 0.25) is 5.95 Å². The van der Waals surface area contributed by atoms with Crippen LogP contribution in [0.1, 0.15) is 5.56 Å². The average Bonchev–Trinajstić information content (AvgIpc) is 2.46. The Morgan fingerprint density at radius 1 is 1.24 bits per heavy atom. The normalized spacial score (nSPS) is 11.2. The van der Waals surface area contributed by atoms with Crippen molar-refractivity contribution in [3.8, 4) is 0 Å².